The van der Waals surface area contributed by atoms with E-state index in [-0.39, 0.29) is 0 Å². The molecule has 0 aliphatic rings. The molecule has 0 atom stereocenters. The molecule has 0 saturated heterocycles. The molecule has 0 fully saturated rings. The summed E-state index contributed by atoms with van der Waals surface area (Å²) in [6.07, 6.45) is 3.32. The Kier molecular flexibility index (Phi) is 5.89. The van der Waals surface area contributed by atoms with Crippen LogP contribution in [0.1, 0.15) is 12.0 Å². The summed E-state index contributed by atoms with van der Waals surface area (Å²) in [5.74, 6) is 1.18. The highest BCUT2D eigenvalue weighted by atomic mass is 28.4. The minimum Gasteiger partial charge on any atom is -0.547 e. The lowest BCUT2D eigenvalue weighted by Gasteiger charge is -2.22. The Morgan fingerprint density at radius 3 is 2.28 bits per heavy atom. The van der Waals surface area contributed by atoms with Crippen molar-refractivity contribution in [2.24, 2.45) is 0 Å². The largest absolute Gasteiger partial charge is 0.547 e. The van der Waals surface area contributed by atoms with Crippen LogP contribution < -0.4 is 0 Å². The van der Waals surface area contributed by atoms with Gasteiger partial charge >= 0.3 is 0 Å². The van der Waals surface area contributed by atoms with Crippen LogP contribution >= 0.6 is 0 Å². The molecule has 0 aliphatic heterocycles. The molecule has 1 aromatic rings. The molecule has 3 heteroatoms. The normalized spacial score (nSPS) is 12.9. The number of hydrogen-bond donors (Lipinski definition) is 0. The number of hydrogen-bond acceptors (Lipinski definition) is 1. The second-order valence-corrected chi connectivity index (χ2v) is 14.0. The van der Waals surface area contributed by atoms with Crippen molar-refractivity contribution in [3.8, 4) is 0 Å². The highest BCUT2D eigenvalue weighted by Gasteiger charge is 2.17. The maximum atomic E-state index is 6.21. The number of rotatable bonds is 6. The average molecular weight is 279 g/mol. The van der Waals surface area contributed by atoms with Crippen molar-refractivity contribution in [1.82, 2.24) is 0 Å². The van der Waals surface area contributed by atoms with Gasteiger partial charge in [-0.2, -0.15) is 0 Å². The molecule has 0 unspecified atom stereocenters. The summed E-state index contributed by atoms with van der Waals surface area (Å²) < 4.78 is 6.21. The van der Waals surface area contributed by atoms with Crippen LogP contribution in [0, 0.1) is 0 Å². The summed E-state index contributed by atoms with van der Waals surface area (Å²) in [6, 6.07) is 11.8. The van der Waals surface area contributed by atoms with Crippen LogP contribution in [0.4, 0.5) is 0 Å². The SMILES string of the molecule is C[SiH](C)CCC(=Cc1ccccc1)O[Si](C)(C)C. The lowest BCUT2D eigenvalue weighted by atomic mass is 10.2. The number of allylic oxidation sites excluding steroid dienone is 1. The fraction of sp³-hybridized carbons (Fsp3) is 0.467. The highest BCUT2D eigenvalue weighted by Crippen LogP contribution is 2.19. The van der Waals surface area contributed by atoms with Gasteiger partial charge in [0, 0.05) is 15.2 Å². The van der Waals surface area contributed by atoms with E-state index in [4.69, 9.17) is 4.43 Å². The van der Waals surface area contributed by atoms with Crippen LogP contribution in [0.15, 0.2) is 36.1 Å². The summed E-state index contributed by atoms with van der Waals surface area (Å²) >= 11 is 0. The Bertz CT molecular complexity index is 377. The lowest BCUT2D eigenvalue weighted by molar-refractivity contribution is 0.410. The zero-order valence-corrected chi connectivity index (χ0v) is 14.5. The van der Waals surface area contributed by atoms with Crippen molar-refractivity contribution < 1.29 is 4.43 Å². The molecule has 0 heterocycles. The fourth-order valence-corrected chi connectivity index (χ4v) is 3.52. The first-order chi connectivity index (χ1) is 8.37. The third-order valence-corrected chi connectivity index (χ3v) is 4.85. The number of benzene rings is 1. The summed E-state index contributed by atoms with van der Waals surface area (Å²) in [6.45, 7) is 11.5. The van der Waals surface area contributed by atoms with Crippen molar-refractivity contribution in [1.29, 1.82) is 0 Å². The van der Waals surface area contributed by atoms with E-state index in [2.05, 4.69) is 69.1 Å². The van der Waals surface area contributed by atoms with E-state index in [9.17, 15) is 0 Å². The monoisotopic (exact) mass is 278 g/mol. The molecular formula is C15H26OSi2. The first-order valence-electron chi connectivity index (χ1n) is 6.81. The van der Waals surface area contributed by atoms with E-state index in [0.717, 1.165) is 6.42 Å². The second kappa shape index (κ2) is 6.95. The first-order valence-corrected chi connectivity index (χ1v) is 13.3. The minimum absolute atomic E-state index is 0.508. The third-order valence-electron chi connectivity index (χ3n) is 2.53. The third kappa shape index (κ3) is 6.81. The van der Waals surface area contributed by atoms with Crippen LogP contribution in [0.5, 0.6) is 0 Å². The molecule has 0 radical (unpaired) electrons. The van der Waals surface area contributed by atoms with Crippen LogP contribution in [0.25, 0.3) is 6.08 Å². The molecule has 0 aromatic heterocycles. The van der Waals surface area contributed by atoms with E-state index in [1.54, 1.807) is 0 Å². The van der Waals surface area contributed by atoms with Gasteiger partial charge in [0.1, 0.15) is 0 Å². The Labute approximate surface area is 115 Å². The van der Waals surface area contributed by atoms with Gasteiger partial charge in [-0.05, 0) is 31.3 Å². The van der Waals surface area contributed by atoms with Crippen molar-refractivity contribution in [2.45, 2.75) is 45.2 Å². The predicted octanol–water partition coefficient (Wildman–Crippen LogP) is 4.76. The Morgan fingerprint density at radius 2 is 1.78 bits per heavy atom. The molecule has 0 spiro atoms. The molecule has 1 nitrogen and oxygen atoms in total. The van der Waals surface area contributed by atoms with Gasteiger partial charge in [0.15, 0.2) is 0 Å². The summed E-state index contributed by atoms with van der Waals surface area (Å²) in [5, 5.41) is 0. The summed E-state index contributed by atoms with van der Waals surface area (Å²) in [5.41, 5.74) is 1.25. The topological polar surface area (TPSA) is 9.23 Å². The highest BCUT2D eigenvalue weighted by molar-refractivity contribution is 6.70. The zero-order chi connectivity index (χ0) is 13.6. The molecule has 0 N–H and O–H groups in total. The van der Waals surface area contributed by atoms with Gasteiger partial charge in [-0.15, -0.1) is 0 Å². The lowest BCUT2D eigenvalue weighted by Crippen LogP contribution is -2.25. The minimum atomic E-state index is -1.50. The zero-order valence-electron chi connectivity index (χ0n) is 12.4. The van der Waals surface area contributed by atoms with Crippen LogP contribution in [0.3, 0.4) is 0 Å². The quantitative estimate of drug-likeness (QED) is 0.539. The first kappa shape index (κ1) is 15.3. The molecule has 0 saturated carbocycles. The molecule has 0 amide bonds. The smallest absolute Gasteiger partial charge is 0.241 e. The van der Waals surface area contributed by atoms with Gasteiger partial charge in [-0.25, -0.2) is 0 Å². The van der Waals surface area contributed by atoms with E-state index in [1.807, 2.05) is 0 Å². The van der Waals surface area contributed by atoms with Gasteiger partial charge in [-0.3, -0.25) is 0 Å². The molecule has 0 aliphatic carbocycles. The Morgan fingerprint density at radius 1 is 1.17 bits per heavy atom. The second-order valence-electron chi connectivity index (χ2n) is 6.17. The van der Waals surface area contributed by atoms with Crippen LogP contribution in [-0.2, 0) is 4.43 Å². The van der Waals surface area contributed by atoms with Crippen molar-refractivity contribution in [2.75, 3.05) is 0 Å². The van der Waals surface area contributed by atoms with Gasteiger partial charge in [0.2, 0.25) is 8.32 Å². The van der Waals surface area contributed by atoms with Gasteiger partial charge < -0.3 is 4.43 Å². The fourth-order valence-electron chi connectivity index (χ4n) is 1.71. The molecule has 1 rings (SSSR count). The van der Waals surface area contributed by atoms with Gasteiger partial charge in [-0.1, -0.05) is 49.5 Å². The van der Waals surface area contributed by atoms with Crippen molar-refractivity contribution >= 4 is 23.2 Å². The Balaban J connectivity index is 2.79. The van der Waals surface area contributed by atoms with Gasteiger partial charge in [0.05, 0.1) is 5.76 Å². The van der Waals surface area contributed by atoms with E-state index in [1.165, 1.54) is 17.4 Å². The maximum absolute atomic E-state index is 6.21. The van der Waals surface area contributed by atoms with Crippen LogP contribution in [-0.4, -0.2) is 17.1 Å². The Hall–Kier alpha value is -0.806. The van der Waals surface area contributed by atoms with Crippen molar-refractivity contribution in [3.63, 3.8) is 0 Å². The molecule has 100 valence electrons. The summed E-state index contributed by atoms with van der Waals surface area (Å²) in [4.78, 5) is 0. The predicted molar refractivity (Wildman–Crippen MR) is 87.2 cm³/mol. The van der Waals surface area contributed by atoms with Crippen molar-refractivity contribution in [3.05, 3.63) is 41.7 Å². The molecular weight excluding hydrogens is 252 g/mol. The van der Waals surface area contributed by atoms with E-state index in [0.29, 0.717) is 0 Å². The van der Waals surface area contributed by atoms with E-state index < -0.39 is 17.1 Å². The molecule has 0 bridgehead atoms. The maximum Gasteiger partial charge on any atom is 0.241 e. The molecule has 1 aromatic carbocycles. The standard InChI is InChI=1S/C15H26OSi2/c1-17(2)12-11-15(16-18(3,4)5)13-14-9-7-6-8-10-14/h6-10,13,17H,11-12H2,1-5H3. The summed E-state index contributed by atoms with van der Waals surface area (Å²) in [7, 11) is -2.01. The molecule has 18 heavy (non-hydrogen) atoms. The van der Waals surface area contributed by atoms with E-state index >= 15 is 0 Å². The van der Waals surface area contributed by atoms with Gasteiger partial charge in [0.25, 0.3) is 0 Å². The van der Waals surface area contributed by atoms with Crippen LogP contribution in [0.2, 0.25) is 38.8 Å². The average Bonchev–Trinajstić information content (AvgIpc) is 2.25.